The van der Waals surface area contributed by atoms with Gasteiger partial charge >= 0.3 is 0 Å². The molecule has 0 aliphatic rings. The van der Waals surface area contributed by atoms with Crippen molar-refractivity contribution in [3.63, 3.8) is 0 Å². The molecule has 0 saturated heterocycles. The summed E-state index contributed by atoms with van der Waals surface area (Å²) in [6, 6.07) is 4.10. The molecule has 0 amide bonds. The van der Waals surface area contributed by atoms with Gasteiger partial charge in [0.2, 0.25) is 0 Å². The molecule has 1 rings (SSSR count). The van der Waals surface area contributed by atoms with Crippen LogP contribution in [0.2, 0.25) is 0 Å². The first kappa shape index (κ1) is 8.72. The third-order valence-corrected chi connectivity index (χ3v) is 2.35. The third kappa shape index (κ3) is 2.62. The number of nitrogens with zero attached hydrogens (tertiary/aromatic N) is 1. The van der Waals surface area contributed by atoms with Crippen molar-refractivity contribution in [3.8, 4) is 0 Å². The molecular weight excluding hydrogens is 202 g/mol. The van der Waals surface area contributed by atoms with E-state index >= 15 is 0 Å². The summed E-state index contributed by atoms with van der Waals surface area (Å²) in [5.74, 6) is 0. The Bertz CT molecular complexity index is 223. The van der Waals surface area contributed by atoms with Gasteiger partial charge in [-0.1, -0.05) is 19.4 Å². The van der Waals surface area contributed by atoms with Gasteiger partial charge in [0.25, 0.3) is 0 Å². The highest BCUT2D eigenvalue weighted by Crippen LogP contribution is 2.14. The van der Waals surface area contributed by atoms with Crippen molar-refractivity contribution in [2.45, 2.75) is 26.2 Å². The molecule has 0 aliphatic carbocycles. The molecule has 0 bridgehead atoms. The Morgan fingerprint density at radius 2 is 2.36 bits per heavy atom. The topological polar surface area (TPSA) is 12.9 Å². The highest BCUT2D eigenvalue weighted by Gasteiger charge is 1.97. The summed E-state index contributed by atoms with van der Waals surface area (Å²) in [5.41, 5.74) is 1.31. The number of pyridine rings is 1. The molecule has 0 radical (unpaired) electrons. The van der Waals surface area contributed by atoms with Crippen LogP contribution >= 0.6 is 15.9 Å². The number of hydrogen-bond acceptors (Lipinski definition) is 1. The quantitative estimate of drug-likeness (QED) is 0.704. The normalized spacial score (nSPS) is 10.0. The van der Waals surface area contributed by atoms with Crippen molar-refractivity contribution in [2.75, 3.05) is 0 Å². The molecule has 1 nitrogen and oxygen atoms in total. The fourth-order valence-electron chi connectivity index (χ4n) is 0.973. The van der Waals surface area contributed by atoms with Crippen LogP contribution in [0, 0.1) is 0 Å². The lowest BCUT2D eigenvalue weighted by Gasteiger charge is -2.00. The van der Waals surface area contributed by atoms with Gasteiger partial charge in [0.05, 0.1) is 0 Å². The minimum atomic E-state index is 0.994. The average molecular weight is 214 g/mol. The minimum Gasteiger partial charge on any atom is -0.249 e. The second kappa shape index (κ2) is 4.50. The SMILES string of the molecule is CCCCc1cccnc1Br. The van der Waals surface area contributed by atoms with E-state index in [1.807, 2.05) is 6.07 Å². The van der Waals surface area contributed by atoms with E-state index in [9.17, 15) is 0 Å². The van der Waals surface area contributed by atoms with E-state index < -0.39 is 0 Å². The molecule has 0 spiro atoms. The van der Waals surface area contributed by atoms with Gasteiger partial charge in [-0.25, -0.2) is 4.98 Å². The number of aryl methyl sites for hydroxylation is 1. The van der Waals surface area contributed by atoms with Crippen LogP contribution in [0.25, 0.3) is 0 Å². The Kier molecular flexibility index (Phi) is 3.57. The summed E-state index contributed by atoms with van der Waals surface area (Å²) >= 11 is 3.42. The number of aromatic nitrogens is 1. The third-order valence-electron chi connectivity index (χ3n) is 1.64. The Balaban J connectivity index is 2.62. The second-order valence-corrected chi connectivity index (χ2v) is 3.31. The van der Waals surface area contributed by atoms with Crippen LogP contribution in [0.3, 0.4) is 0 Å². The van der Waals surface area contributed by atoms with Crippen molar-refractivity contribution in [2.24, 2.45) is 0 Å². The molecule has 2 heteroatoms. The Morgan fingerprint density at radius 3 is 3.00 bits per heavy atom. The van der Waals surface area contributed by atoms with Crippen LogP contribution < -0.4 is 0 Å². The monoisotopic (exact) mass is 213 g/mol. The lowest BCUT2D eigenvalue weighted by molar-refractivity contribution is 0.788. The zero-order valence-electron chi connectivity index (χ0n) is 6.68. The molecule has 0 unspecified atom stereocenters. The van der Waals surface area contributed by atoms with E-state index in [0.717, 1.165) is 11.0 Å². The minimum absolute atomic E-state index is 0.994. The first-order chi connectivity index (χ1) is 5.34. The van der Waals surface area contributed by atoms with Crippen LogP contribution in [0.5, 0.6) is 0 Å². The van der Waals surface area contributed by atoms with Gasteiger partial charge in [-0.3, -0.25) is 0 Å². The predicted octanol–water partition coefficient (Wildman–Crippen LogP) is 3.19. The Morgan fingerprint density at radius 1 is 1.55 bits per heavy atom. The Labute approximate surface area is 76.0 Å². The van der Waals surface area contributed by atoms with Gasteiger partial charge < -0.3 is 0 Å². The molecule has 0 aromatic carbocycles. The summed E-state index contributed by atoms with van der Waals surface area (Å²) < 4.78 is 0.994. The molecule has 0 saturated carbocycles. The predicted molar refractivity (Wildman–Crippen MR) is 50.5 cm³/mol. The molecule has 0 aliphatic heterocycles. The zero-order valence-corrected chi connectivity index (χ0v) is 8.26. The first-order valence-corrected chi connectivity index (χ1v) is 4.73. The van der Waals surface area contributed by atoms with E-state index in [2.05, 4.69) is 33.9 Å². The van der Waals surface area contributed by atoms with Crippen LogP contribution in [-0.2, 0) is 6.42 Å². The van der Waals surface area contributed by atoms with Gasteiger partial charge in [0.15, 0.2) is 0 Å². The summed E-state index contributed by atoms with van der Waals surface area (Å²) in [6.45, 7) is 2.20. The molecule has 0 atom stereocenters. The maximum Gasteiger partial charge on any atom is 0.109 e. The number of unbranched alkanes of at least 4 members (excludes halogenated alkanes) is 1. The maximum absolute atomic E-state index is 4.15. The smallest absolute Gasteiger partial charge is 0.109 e. The van der Waals surface area contributed by atoms with E-state index in [-0.39, 0.29) is 0 Å². The van der Waals surface area contributed by atoms with Crippen LogP contribution in [0.15, 0.2) is 22.9 Å². The second-order valence-electron chi connectivity index (χ2n) is 2.56. The summed E-state index contributed by atoms with van der Waals surface area (Å²) in [4.78, 5) is 4.15. The van der Waals surface area contributed by atoms with E-state index in [1.165, 1.54) is 18.4 Å². The number of hydrogen-bond donors (Lipinski definition) is 0. The van der Waals surface area contributed by atoms with E-state index in [0.29, 0.717) is 0 Å². The van der Waals surface area contributed by atoms with Gasteiger partial charge in [-0.2, -0.15) is 0 Å². The first-order valence-electron chi connectivity index (χ1n) is 3.94. The van der Waals surface area contributed by atoms with Crippen LogP contribution in [-0.4, -0.2) is 4.98 Å². The molecule has 11 heavy (non-hydrogen) atoms. The number of halogens is 1. The summed E-state index contributed by atoms with van der Waals surface area (Å²) in [7, 11) is 0. The average Bonchev–Trinajstić information content (AvgIpc) is 2.03. The Hall–Kier alpha value is -0.370. The maximum atomic E-state index is 4.15. The fourth-order valence-corrected chi connectivity index (χ4v) is 1.42. The molecule has 1 heterocycles. The molecule has 1 aromatic rings. The molecule has 0 fully saturated rings. The van der Waals surface area contributed by atoms with E-state index in [1.54, 1.807) is 6.20 Å². The molecule has 0 N–H and O–H groups in total. The fraction of sp³-hybridized carbons (Fsp3) is 0.444. The van der Waals surface area contributed by atoms with Crippen LogP contribution in [0.4, 0.5) is 0 Å². The lowest BCUT2D eigenvalue weighted by atomic mass is 10.1. The highest BCUT2D eigenvalue weighted by atomic mass is 79.9. The van der Waals surface area contributed by atoms with Crippen molar-refractivity contribution in [1.82, 2.24) is 4.98 Å². The van der Waals surface area contributed by atoms with Gasteiger partial charge in [0.1, 0.15) is 4.60 Å². The van der Waals surface area contributed by atoms with Crippen molar-refractivity contribution >= 4 is 15.9 Å². The number of rotatable bonds is 3. The zero-order chi connectivity index (χ0) is 8.10. The van der Waals surface area contributed by atoms with E-state index in [4.69, 9.17) is 0 Å². The van der Waals surface area contributed by atoms with Gasteiger partial charge in [-0.05, 0) is 40.4 Å². The molecular formula is C9H12BrN. The lowest BCUT2D eigenvalue weighted by Crippen LogP contribution is -1.87. The highest BCUT2D eigenvalue weighted by molar-refractivity contribution is 9.10. The van der Waals surface area contributed by atoms with Crippen molar-refractivity contribution in [3.05, 3.63) is 28.5 Å². The van der Waals surface area contributed by atoms with Gasteiger partial charge in [-0.15, -0.1) is 0 Å². The van der Waals surface area contributed by atoms with Crippen molar-refractivity contribution in [1.29, 1.82) is 0 Å². The molecule has 1 aromatic heterocycles. The summed E-state index contributed by atoms with van der Waals surface area (Å²) in [5, 5.41) is 0. The molecule has 60 valence electrons. The largest absolute Gasteiger partial charge is 0.249 e. The van der Waals surface area contributed by atoms with Gasteiger partial charge in [0, 0.05) is 6.20 Å². The van der Waals surface area contributed by atoms with Crippen molar-refractivity contribution < 1.29 is 0 Å². The van der Waals surface area contributed by atoms with Crippen LogP contribution in [0.1, 0.15) is 25.3 Å². The summed E-state index contributed by atoms with van der Waals surface area (Å²) in [6.07, 6.45) is 5.41. The standard InChI is InChI=1S/C9H12BrN/c1-2-3-5-8-6-4-7-11-9(8)10/h4,6-7H,2-3,5H2,1H3.